The molecule has 0 spiro atoms. The van der Waals surface area contributed by atoms with E-state index in [1.807, 2.05) is 36.7 Å². The van der Waals surface area contributed by atoms with E-state index in [4.69, 9.17) is 4.99 Å². The molecule has 1 aliphatic carbocycles. The molecule has 0 bridgehead atoms. The molecule has 3 heteroatoms. The van der Waals surface area contributed by atoms with Crippen molar-refractivity contribution in [2.24, 2.45) is 10.9 Å². The number of benzene rings is 1. The average Bonchev–Trinajstić information content (AvgIpc) is 3.26. The Kier molecular flexibility index (Phi) is 3.78. The van der Waals surface area contributed by atoms with E-state index in [2.05, 4.69) is 4.98 Å². The fraction of sp³-hybridized carbons (Fsp3) is 0.300. The standard InChI is InChI=1S/C20H19FN2/c21-17-7-5-16(6-8-17)20-18(14-9-11-22-12-10-14)13-19(23-20)15-3-1-2-4-15/h5-12,15H,1-4,13H2. The molecule has 2 nitrogen and oxygen atoms in total. The lowest BCUT2D eigenvalue weighted by Crippen LogP contribution is -2.08. The number of halogens is 1. The van der Waals surface area contributed by atoms with Crippen molar-refractivity contribution in [2.75, 3.05) is 0 Å². The van der Waals surface area contributed by atoms with Gasteiger partial charge in [-0.2, -0.15) is 0 Å². The van der Waals surface area contributed by atoms with Crippen LogP contribution in [0.25, 0.3) is 11.3 Å². The summed E-state index contributed by atoms with van der Waals surface area (Å²) in [4.78, 5) is 9.09. The third-order valence-electron chi connectivity index (χ3n) is 4.87. The second-order valence-corrected chi connectivity index (χ2v) is 6.33. The molecule has 2 aromatic rings. The molecule has 116 valence electrons. The average molecular weight is 306 g/mol. The molecule has 0 amide bonds. The molecule has 0 radical (unpaired) electrons. The van der Waals surface area contributed by atoms with E-state index in [1.54, 1.807) is 0 Å². The second-order valence-electron chi connectivity index (χ2n) is 6.33. The van der Waals surface area contributed by atoms with Gasteiger partial charge in [0.1, 0.15) is 5.82 Å². The summed E-state index contributed by atoms with van der Waals surface area (Å²) >= 11 is 0. The summed E-state index contributed by atoms with van der Waals surface area (Å²) in [5.74, 6) is 0.405. The molecule has 0 N–H and O–H groups in total. The molecular weight excluding hydrogens is 287 g/mol. The van der Waals surface area contributed by atoms with E-state index in [0.717, 1.165) is 23.2 Å². The summed E-state index contributed by atoms with van der Waals surface area (Å²) in [6, 6.07) is 10.7. The normalized spacial score (nSPS) is 18.6. The molecular formula is C20H19FN2. The first-order chi connectivity index (χ1) is 11.3. The van der Waals surface area contributed by atoms with Gasteiger partial charge in [0.15, 0.2) is 0 Å². The fourth-order valence-corrected chi connectivity index (χ4v) is 3.65. The smallest absolute Gasteiger partial charge is 0.123 e. The minimum Gasteiger partial charge on any atom is -0.265 e. The first kappa shape index (κ1) is 14.3. The lowest BCUT2D eigenvalue weighted by atomic mass is 9.93. The third-order valence-corrected chi connectivity index (χ3v) is 4.87. The third kappa shape index (κ3) is 2.83. The van der Waals surface area contributed by atoms with Crippen LogP contribution >= 0.6 is 0 Å². The van der Waals surface area contributed by atoms with E-state index in [1.165, 1.54) is 49.1 Å². The Morgan fingerprint density at radius 2 is 1.57 bits per heavy atom. The van der Waals surface area contributed by atoms with Gasteiger partial charge in [-0.1, -0.05) is 12.8 Å². The highest BCUT2D eigenvalue weighted by Crippen LogP contribution is 2.40. The van der Waals surface area contributed by atoms with Gasteiger partial charge in [-0.05, 0) is 66.3 Å². The molecule has 0 atom stereocenters. The Morgan fingerprint density at radius 3 is 2.26 bits per heavy atom. The van der Waals surface area contributed by atoms with Crippen molar-refractivity contribution in [3.63, 3.8) is 0 Å². The maximum absolute atomic E-state index is 13.3. The monoisotopic (exact) mass is 306 g/mol. The van der Waals surface area contributed by atoms with Crippen LogP contribution in [0.1, 0.15) is 43.2 Å². The van der Waals surface area contributed by atoms with Gasteiger partial charge in [0.2, 0.25) is 0 Å². The van der Waals surface area contributed by atoms with Crippen LogP contribution in [0.2, 0.25) is 0 Å². The molecule has 2 aliphatic rings. The van der Waals surface area contributed by atoms with Crippen molar-refractivity contribution in [3.8, 4) is 0 Å². The van der Waals surface area contributed by atoms with Crippen LogP contribution in [0, 0.1) is 11.7 Å². The molecule has 1 fully saturated rings. The van der Waals surface area contributed by atoms with Crippen molar-refractivity contribution in [1.82, 2.24) is 4.98 Å². The number of pyridine rings is 1. The van der Waals surface area contributed by atoms with Gasteiger partial charge in [-0.15, -0.1) is 0 Å². The zero-order valence-corrected chi connectivity index (χ0v) is 13.0. The number of hydrogen-bond acceptors (Lipinski definition) is 2. The Balaban J connectivity index is 1.76. The van der Waals surface area contributed by atoms with Crippen LogP contribution in [0.4, 0.5) is 4.39 Å². The van der Waals surface area contributed by atoms with Crippen LogP contribution < -0.4 is 0 Å². The Bertz CT molecular complexity index is 754. The summed E-state index contributed by atoms with van der Waals surface area (Å²) in [7, 11) is 0. The summed E-state index contributed by atoms with van der Waals surface area (Å²) in [6.07, 6.45) is 9.65. The zero-order valence-electron chi connectivity index (χ0n) is 13.0. The Labute approximate surface area is 135 Å². The van der Waals surface area contributed by atoms with Crippen molar-refractivity contribution in [1.29, 1.82) is 0 Å². The predicted molar refractivity (Wildman–Crippen MR) is 91.5 cm³/mol. The summed E-state index contributed by atoms with van der Waals surface area (Å²) < 4.78 is 13.3. The molecule has 0 saturated heterocycles. The van der Waals surface area contributed by atoms with E-state index < -0.39 is 0 Å². The molecule has 23 heavy (non-hydrogen) atoms. The maximum atomic E-state index is 13.3. The van der Waals surface area contributed by atoms with Crippen LogP contribution in [-0.2, 0) is 0 Å². The number of hydrogen-bond donors (Lipinski definition) is 0. The molecule has 4 rings (SSSR count). The van der Waals surface area contributed by atoms with Crippen LogP contribution in [0.3, 0.4) is 0 Å². The minimum absolute atomic E-state index is 0.210. The quantitative estimate of drug-likeness (QED) is 0.772. The molecule has 0 unspecified atom stereocenters. The number of rotatable bonds is 3. The first-order valence-electron chi connectivity index (χ1n) is 8.28. The van der Waals surface area contributed by atoms with E-state index in [-0.39, 0.29) is 5.82 Å². The van der Waals surface area contributed by atoms with Gasteiger partial charge in [-0.25, -0.2) is 4.39 Å². The number of allylic oxidation sites excluding steroid dienone is 1. The predicted octanol–water partition coefficient (Wildman–Crippen LogP) is 5.12. The molecule has 1 aromatic heterocycles. The highest BCUT2D eigenvalue weighted by Gasteiger charge is 2.28. The van der Waals surface area contributed by atoms with E-state index in [9.17, 15) is 4.39 Å². The van der Waals surface area contributed by atoms with Crippen molar-refractivity contribution < 1.29 is 4.39 Å². The van der Waals surface area contributed by atoms with Gasteiger partial charge in [0, 0.05) is 30.1 Å². The maximum Gasteiger partial charge on any atom is 0.123 e. The Morgan fingerprint density at radius 1 is 0.870 bits per heavy atom. The molecule has 2 heterocycles. The van der Waals surface area contributed by atoms with Crippen LogP contribution in [0.5, 0.6) is 0 Å². The van der Waals surface area contributed by atoms with Crippen molar-refractivity contribution in [2.45, 2.75) is 32.1 Å². The van der Waals surface area contributed by atoms with Gasteiger partial charge in [0.05, 0.1) is 5.70 Å². The molecule has 1 saturated carbocycles. The number of aromatic nitrogens is 1. The van der Waals surface area contributed by atoms with Crippen LogP contribution in [-0.4, -0.2) is 10.7 Å². The minimum atomic E-state index is -0.210. The second kappa shape index (κ2) is 6.07. The van der Waals surface area contributed by atoms with Crippen molar-refractivity contribution in [3.05, 3.63) is 65.7 Å². The highest BCUT2D eigenvalue weighted by atomic mass is 19.1. The number of aliphatic imine (C=N–C) groups is 1. The van der Waals surface area contributed by atoms with Gasteiger partial charge < -0.3 is 0 Å². The highest BCUT2D eigenvalue weighted by molar-refractivity contribution is 6.10. The van der Waals surface area contributed by atoms with Crippen LogP contribution in [0.15, 0.2) is 53.8 Å². The summed E-state index contributed by atoms with van der Waals surface area (Å²) in [6.45, 7) is 0. The van der Waals surface area contributed by atoms with Gasteiger partial charge in [0.25, 0.3) is 0 Å². The summed E-state index contributed by atoms with van der Waals surface area (Å²) in [5, 5.41) is 0. The SMILES string of the molecule is Fc1ccc(C2=C(c3ccncc3)CC(C3CCCC3)=N2)cc1. The lowest BCUT2D eigenvalue weighted by Gasteiger charge is -2.09. The van der Waals surface area contributed by atoms with Gasteiger partial charge >= 0.3 is 0 Å². The largest absolute Gasteiger partial charge is 0.265 e. The summed E-state index contributed by atoms with van der Waals surface area (Å²) in [5.41, 5.74) is 5.69. The van der Waals surface area contributed by atoms with Gasteiger partial charge in [-0.3, -0.25) is 9.98 Å². The molecule has 1 aliphatic heterocycles. The topological polar surface area (TPSA) is 25.2 Å². The lowest BCUT2D eigenvalue weighted by molar-refractivity contribution is 0.627. The molecule has 1 aromatic carbocycles. The fourth-order valence-electron chi connectivity index (χ4n) is 3.65. The van der Waals surface area contributed by atoms with Crippen molar-refractivity contribution >= 4 is 17.0 Å². The first-order valence-corrected chi connectivity index (χ1v) is 8.28. The van der Waals surface area contributed by atoms with E-state index in [0.29, 0.717) is 5.92 Å². The van der Waals surface area contributed by atoms with E-state index >= 15 is 0 Å². The zero-order chi connectivity index (χ0) is 15.6. The Hall–Kier alpha value is -2.29. The number of nitrogens with zero attached hydrogens (tertiary/aromatic N) is 2.